The van der Waals surface area contributed by atoms with Crippen LogP contribution in [-0.4, -0.2) is 0 Å². The van der Waals surface area contributed by atoms with Crippen LogP contribution in [0.3, 0.4) is 0 Å². The number of benzene rings is 2. The smallest absolute Gasteiger partial charge is 0.0846 e. The summed E-state index contributed by atoms with van der Waals surface area (Å²) in [5.74, 6) is 0. The van der Waals surface area contributed by atoms with Crippen molar-refractivity contribution in [2.24, 2.45) is 0 Å². The second-order valence-corrected chi connectivity index (χ2v) is 4.59. The van der Waals surface area contributed by atoms with Gasteiger partial charge in [0.1, 0.15) is 0 Å². The lowest BCUT2D eigenvalue weighted by atomic mass is 10.0. The van der Waals surface area contributed by atoms with Crippen LogP contribution in [0.2, 0.25) is 0 Å². The van der Waals surface area contributed by atoms with Crippen molar-refractivity contribution in [3.8, 4) is 0 Å². The number of hydrogen-bond acceptors (Lipinski definition) is 0. The van der Waals surface area contributed by atoms with Gasteiger partial charge in [-0.1, -0.05) is 64.5 Å². The average molecular weight is 282 g/mol. The van der Waals surface area contributed by atoms with Gasteiger partial charge in [-0.05, 0) is 17.2 Å². The molecule has 2 aromatic carbocycles. The fourth-order valence-corrected chi connectivity index (χ4v) is 2.46. The van der Waals surface area contributed by atoms with Crippen molar-refractivity contribution in [3.63, 3.8) is 0 Å². The monoisotopic (exact) mass is 280 g/mol. The van der Waals surface area contributed by atoms with Crippen molar-refractivity contribution >= 4 is 27.5 Å². The van der Waals surface area contributed by atoms with E-state index in [0.717, 1.165) is 15.6 Å². The Labute approximate surface area is 103 Å². The fourth-order valence-electron chi connectivity index (χ4n) is 1.48. The molecule has 0 nitrogen and oxygen atoms in total. The van der Waals surface area contributed by atoms with Gasteiger partial charge in [0.05, 0.1) is 5.38 Å². The van der Waals surface area contributed by atoms with Crippen molar-refractivity contribution in [1.82, 2.24) is 0 Å². The Kier molecular flexibility index (Phi) is 3.45. The van der Waals surface area contributed by atoms with Crippen LogP contribution in [0.5, 0.6) is 0 Å². The Morgan fingerprint density at radius 3 is 2.13 bits per heavy atom. The van der Waals surface area contributed by atoms with Crippen LogP contribution in [0.4, 0.5) is 0 Å². The molecule has 0 unspecified atom stereocenters. The molecule has 0 N–H and O–H groups in total. The molecule has 0 aromatic heterocycles. The third kappa shape index (κ3) is 2.42. The van der Waals surface area contributed by atoms with Crippen LogP contribution in [0.15, 0.2) is 59.1 Å². The molecule has 2 heteroatoms. The van der Waals surface area contributed by atoms with E-state index in [9.17, 15) is 0 Å². The zero-order chi connectivity index (χ0) is 10.7. The number of alkyl halides is 1. The van der Waals surface area contributed by atoms with Crippen molar-refractivity contribution in [3.05, 3.63) is 70.2 Å². The van der Waals surface area contributed by atoms with Crippen molar-refractivity contribution in [2.75, 3.05) is 0 Å². The van der Waals surface area contributed by atoms with Gasteiger partial charge >= 0.3 is 0 Å². The molecule has 76 valence electrons. The Balaban J connectivity index is 2.37. The van der Waals surface area contributed by atoms with Gasteiger partial charge in [0.2, 0.25) is 0 Å². The molecule has 0 heterocycles. The Bertz CT molecular complexity index is 439. The highest BCUT2D eigenvalue weighted by Crippen LogP contribution is 2.33. The molecule has 15 heavy (non-hydrogen) atoms. The predicted molar refractivity (Wildman–Crippen MR) is 68.3 cm³/mol. The quantitative estimate of drug-likeness (QED) is 0.695. The molecule has 2 aromatic rings. The topological polar surface area (TPSA) is 0 Å². The molecule has 0 saturated carbocycles. The molecule has 0 aliphatic heterocycles. The van der Waals surface area contributed by atoms with E-state index in [0.29, 0.717) is 0 Å². The van der Waals surface area contributed by atoms with Crippen molar-refractivity contribution in [2.45, 2.75) is 5.38 Å². The first-order valence-corrected chi connectivity index (χ1v) is 5.95. The normalized spacial score (nSPS) is 12.4. The third-order valence-corrected chi connectivity index (χ3v) is 3.48. The summed E-state index contributed by atoms with van der Waals surface area (Å²) in [6, 6.07) is 18.1. The first-order chi connectivity index (χ1) is 7.29. The van der Waals surface area contributed by atoms with E-state index in [4.69, 9.17) is 11.6 Å². The van der Waals surface area contributed by atoms with Crippen LogP contribution in [0.1, 0.15) is 16.5 Å². The lowest BCUT2D eigenvalue weighted by Gasteiger charge is -2.11. The van der Waals surface area contributed by atoms with Crippen LogP contribution in [0, 0.1) is 0 Å². The van der Waals surface area contributed by atoms with E-state index >= 15 is 0 Å². The molecular formula is C13H10BrCl. The molecule has 0 amide bonds. The summed E-state index contributed by atoms with van der Waals surface area (Å²) in [6.07, 6.45) is 0. The molecule has 1 atom stereocenters. The van der Waals surface area contributed by atoms with Gasteiger partial charge < -0.3 is 0 Å². The summed E-state index contributed by atoms with van der Waals surface area (Å²) in [7, 11) is 0. The summed E-state index contributed by atoms with van der Waals surface area (Å²) >= 11 is 9.92. The molecule has 0 aliphatic rings. The van der Waals surface area contributed by atoms with Crippen LogP contribution >= 0.6 is 27.5 Å². The van der Waals surface area contributed by atoms with Crippen LogP contribution in [0.25, 0.3) is 0 Å². The number of halogens is 2. The third-order valence-electron chi connectivity index (χ3n) is 2.27. The highest BCUT2D eigenvalue weighted by Gasteiger charge is 2.12. The molecule has 0 radical (unpaired) electrons. The molecule has 0 aliphatic carbocycles. The van der Waals surface area contributed by atoms with E-state index in [-0.39, 0.29) is 5.38 Å². The first-order valence-electron chi connectivity index (χ1n) is 4.72. The second kappa shape index (κ2) is 4.82. The molecule has 0 bridgehead atoms. The lowest BCUT2D eigenvalue weighted by molar-refractivity contribution is 1.13. The van der Waals surface area contributed by atoms with E-state index in [1.54, 1.807) is 0 Å². The number of rotatable bonds is 2. The van der Waals surface area contributed by atoms with E-state index in [2.05, 4.69) is 15.9 Å². The van der Waals surface area contributed by atoms with Crippen molar-refractivity contribution in [1.29, 1.82) is 0 Å². The van der Waals surface area contributed by atoms with Gasteiger partial charge in [-0.3, -0.25) is 0 Å². The zero-order valence-corrected chi connectivity index (χ0v) is 10.4. The largest absolute Gasteiger partial charge is 0.113 e. The maximum absolute atomic E-state index is 6.41. The minimum atomic E-state index is -0.0956. The summed E-state index contributed by atoms with van der Waals surface area (Å²) < 4.78 is 1.05. The maximum Gasteiger partial charge on any atom is 0.0846 e. The molecule has 0 spiro atoms. The van der Waals surface area contributed by atoms with Gasteiger partial charge in [-0.2, -0.15) is 0 Å². The standard InChI is InChI=1S/C13H10BrCl/c14-12-9-5-4-8-11(12)13(15)10-6-2-1-3-7-10/h1-9,13H/t13-/m1/s1. The predicted octanol–water partition coefficient (Wildman–Crippen LogP) is 4.78. The van der Waals surface area contributed by atoms with Gasteiger partial charge in [-0.15, -0.1) is 11.6 Å². The highest BCUT2D eigenvalue weighted by molar-refractivity contribution is 9.10. The Morgan fingerprint density at radius 2 is 1.47 bits per heavy atom. The van der Waals surface area contributed by atoms with E-state index < -0.39 is 0 Å². The van der Waals surface area contributed by atoms with Gasteiger partial charge in [0.25, 0.3) is 0 Å². The molecular weight excluding hydrogens is 271 g/mol. The van der Waals surface area contributed by atoms with Gasteiger partial charge in [0.15, 0.2) is 0 Å². The fraction of sp³-hybridized carbons (Fsp3) is 0.0769. The van der Waals surface area contributed by atoms with Gasteiger partial charge in [-0.25, -0.2) is 0 Å². The van der Waals surface area contributed by atoms with Gasteiger partial charge in [0, 0.05) is 4.47 Å². The summed E-state index contributed by atoms with van der Waals surface area (Å²) in [5, 5.41) is -0.0956. The maximum atomic E-state index is 6.41. The summed E-state index contributed by atoms with van der Waals surface area (Å²) in [5.41, 5.74) is 2.22. The van der Waals surface area contributed by atoms with Crippen LogP contribution < -0.4 is 0 Å². The SMILES string of the molecule is Cl[C@H](c1ccccc1)c1ccccc1Br. The second-order valence-electron chi connectivity index (χ2n) is 3.29. The van der Waals surface area contributed by atoms with Crippen molar-refractivity contribution < 1.29 is 0 Å². The Morgan fingerprint density at radius 1 is 0.867 bits per heavy atom. The minimum absolute atomic E-state index is 0.0956. The highest BCUT2D eigenvalue weighted by atomic mass is 79.9. The summed E-state index contributed by atoms with van der Waals surface area (Å²) in [4.78, 5) is 0. The van der Waals surface area contributed by atoms with E-state index in [1.165, 1.54) is 0 Å². The molecule has 2 rings (SSSR count). The summed E-state index contributed by atoms with van der Waals surface area (Å²) in [6.45, 7) is 0. The molecule has 0 fully saturated rings. The zero-order valence-electron chi connectivity index (χ0n) is 8.03. The lowest BCUT2D eigenvalue weighted by Crippen LogP contribution is -1.93. The van der Waals surface area contributed by atoms with E-state index in [1.807, 2.05) is 54.6 Å². The van der Waals surface area contributed by atoms with Crippen LogP contribution in [-0.2, 0) is 0 Å². The Hall–Kier alpha value is -0.790. The minimum Gasteiger partial charge on any atom is -0.113 e. The molecule has 0 saturated heterocycles. The average Bonchev–Trinajstić information content (AvgIpc) is 2.30. The number of hydrogen-bond donors (Lipinski definition) is 0. The first kappa shape index (κ1) is 10.7.